The number of hydrogen-bond acceptors (Lipinski definition) is 4. The molecular weight excluding hydrogens is 330 g/mol. The Morgan fingerprint density at radius 1 is 1.38 bits per heavy atom. The number of para-hydroxylation sites is 1. The summed E-state index contributed by atoms with van der Waals surface area (Å²) in [5.41, 5.74) is 1.19. The van der Waals surface area contributed by atoms with Crippen molar-refractivity contribution in [1.29, 1.82) is 0 Å². The number of carbonyl (C=O) groups excluding carboxylic acids is 2. The highest BCUT2D eigenvalue weighted by molar-refractivity contribution is 6.04. The van der Waals surface area contributed by atoms with E-state index in [1.54, 1.807) is 0 Å². The number of halogens is 1. The van der Waals surface area contributed by atoms with Gasteiger partial charge in [-0.3, -0.25) is 14.7 Å². The molecule has 7 nitrogen and oxygen atoms in total. The minimum absolute atomic E-state index is 0. The molecule has 1 atom stereocenters. The summed E-state index contributed by atoms with van der Waals surface area (Å²) in [7, 11) is 0. The maximum absolute atomic E-state index is 12.2. The molecule has 24 heavy (non-hydrogen) atoms. The minimum atomic E-state index is -0.261. The standard InChI is InChI=1S/C16H21N5O2.ClH/c1-11-10-17-8-9-21(11)14(22)6-7-18-16(23)15-12-4-2-3-5-13(12)19-20-15;/h2-5,11,17H,6-10H2,1H3,(H,18,23)(H,19,20);1H/t11-;/m0./s1. The van der Waals surface area contributed by atoms with Crippen molar-refractivity contribution < 1.29 is 9.59 Å². The van der Waals surface area contributed by atoms with E-state index >= 15 is 0 Å². The lowest BCUT2D eigenvalue weighted by molar-refractivity contribution is -0.133. The summed E-state index contributed by atoms with van der Waals surface area (Å²) >= 11 is 0. The molecule has 130 valence electrons. The number of amides is 2. The SMILES string of the molecule is C[C@H]1CNCCN1C(=O)CCNC(=O)c1n[nH]c2ccccc12.Cl. The summed E-state index contributed by atoms with van der Waals surface area (Å²) in [6, 6.07) is 7.66. The topological polar surface area (TPSA) is 90.1 Å². The second kappa shape index (κ2) is 8.12. The van der Waals surface area contributed by atoms with Crippen LogP contribution in [0.25, 0.3) is 10.9 Å². The lowest BCUT2D eigenvalue weighted by atomic mass is 10.2. The van der Waals surface area contributed by atoms with Gasteiger partial charge in [-0.2, -0.15) is 5.10 Å². The van der Waals surface area contributed by atoms with Crippen LogP contribution < -0.4 is 10.6 Å². The zero-order valence-corrected chi connectivity index (χ0v) is 14.4. The molecule has 0 unspecified atom stereocenters. The third kappa shape index (κ3) is 3.85. The van der Waals surface area contributed by atoms with Crippen LogP contribution in [0.3, 0.4) is 0 Å². The Labute approximate surface area is 146 Å². The molecule has 2 heterocycles. The number of benzene rings is 1. The number of H-pyrrole nitrogens is 1. The zero-order chi connectivity index (χ0) is 16.2. The molecule has 8 heteroatoms. The molecule has 1 aromatic carbocycles. The first-order valence-electron chi connectivity index (χ1n) is 7.88. The van der Waals surface area contributed by atoms with Gasteiger partial charge in [0.25, 0.3) is 5.91 Å². The second-order valence-corrected chi connectivity index (χ2v) is 5.76. The maximum Gasteiger partial charge on any atom is 0.272 e. The Balaban J connectivity index is 0.00000208. The smallest absolute Gasteiger partial charge is 0.272 e. The Morgan fingerprint density at radius 3 is 2.96 bits per heavy atom. The minimum Gasteiger partial charge on any atom is -0.350 e. The van der Waals surface area contributed by atoms with Gasteiger partial charge in [0, 0.05) is 44.0 Å². The maximum atomic E-state index is 12.2. The quantitative estimate of drug-likeness (QED) is 0.764. The van der Waals surface area contributed by atoms with E-state index in [1.165, 1.54) is 0 Å². The fourth-order valence-electron chi connectivity index (χ4n) is 2.86. The fraction of sp³-hybridized carbons (Fsp3) is 0.438. The third-order valence-electron chi connectivity index (χ3n) is 4.13. The molecule has 1 aliphatic heterocycles. The summed E-state index contributed by atoms with van der Waals surface area (Å²) in [6.45, 7) is 4.70. The predicted molar refractivity (Wildman–Crippen MR) is 94.3 cm³/mol. The van der Waals surface area contributed by atoms with Crippen LogP contribution >= 0.6 is 12.4 Å². The molecule has 2 amide bonds. The lowest BCUT2D eigenvalue weighted by Crippen LogP contribution is -2.52. The number of hydrogen-bond donors (Lipinski definition) is 3. The molecule has 0 spiro atoms. The van der Waals surface area contributed by atoms with Crippen molar-refractivity contribution in [3.05, 3.63) is 30.0 Å². The van der Waals surface area contributed by atoms with E-state index in [-0.39, 0.29) is 30.3 Å². The number of carbonyl (C=O) groups is 2. The highest BCUT2D eigenvalue weighted by Crippen LogP contribution is 2.14. The summed E-state index contributed by atoms with van der Waals surface area (Å²) in [6.07, 6.45) is 0.304. The van der Waals surface area contributed by atoms with Crippen molar-refractivity contribution in [1.82, 2.24) is 25.7 Å². The number of rotatable bonds is 4. The van der Waals surface area contributed by atoms with Crippen molar-refractivity contribution in [2.24, 2.45) is 0 Å². The Morgan fingerprint density at radius 2 is 2.17 bits per heavy atom. The molecular formula is C16H22ClN5O2. The molecule has 0 saturated carbocycles. The van der Waals surface area contributed by atoms with Crippen LogP contribution in [-0.4, -0.2) is 59.1 Å². The molecule has 1 aliphatic rings. The van der Waals surface area contributed by atoms with Gasteiger partial charge in [-0.1, -0.05) is 18.2 Å². The largest absolute Gasteiger partial charge is 0.350 e. The normalized spacial score (nSPS) is 17.4. The monoisotopic (exact) mass is 351 g/mol. The van der Waals surface area contributed by atoms with E-state index in [4.69, 9.17) is 0 Å². The molecule has 2 aromatic rings. The van der Waals surface area contributed by atoms with Crippen LogP contribution in [0.1, 0.15) is 23.8 Å². The highest BCUT2D eigenvalue weighted by atomic mass is 35.5. The molecule has 3 N–H and O–H groups in total. The van der Waals surface area contributed by atoms with E-state index in [9.17, 15) is 9.59 Å². The van der Waals surface area contributed by atoms with Crippen LogP contribution in [0.4, 0.5) is 0 Å². The van der Waals surface area contributed by atoms with Crippen molar-refractivity contribution >= 4 is 35.1 Å². The van der Waals surface area contributed by atoms with Crippen molar-refractivity contribution in [3.8, 4) is 0 Å². The fourth-order valence-corrected chi connectivity index (χ4v) is 2.86. The summed E-state index contributed by atoms with van der Waals surface area (Å²) < 4.78 is 0. The number of nitrogens with one attached hydrogen (secondary N) is 3. The highest BCUT2D eigenvalue weighted by Gasteiger charge is 2.22. The molecule has 0 radical (unpaired) electrons. The number of nitrogens with zero attached hydrogens (tertiary/aromatic N) is 2. The Bertz CT molecular complexity index is 717. The lowest BCUT2D eigenvalue weighted by Gasteiger charge is -2.34. The number of fused-ring (bicyclic) bond motifs is 1. The Hall–Kier alpha value is -2.12. The van der Waals surface area contributed by atoms with Gasteiger partial charge in [0.2, 0.25) is 5.91 Å². The van der Waals surface area contributed by atoms with Gasteiger partial charge >= 0.3 is 0 Å². The first-order valence-corrected chi connectivity index (χ1v) is 7.88. The first-order chi connectivity index (χ1) is 11.2. The van der Waals surface area contributed by atoms with Gasteiger partial charge in [-0.05, 0) is 13.0 Å². The average Bonchev–Trinajstić information content (AvgIpc) is 2.99. The Kier molecular flexibility index (Phi) is 6.16. The molecule has 3 rings (SSSR count). The van der Waals surface area contributed by atoms with Crippen LogP contribution in [-0.2, 0) is 4.79 Å². The van der Waals surface area contributed by atoms with Gasteiger partial charge in [0.1, 0.15) is 0 Å². The molecule has 1 aromatic heterocycles. The van der Waals surface area contributed by atoms with Crippen LogP contribution in [0, 0.1) is 0 Å². The van der Waals surface area contributed by atoms with E-state index in [0.29, 0.717) is 18.7 Å². The van der Waals surface area contributed by atoms with Crippen LogP contribution in [0.5, 0.6) is 0 Å². The van der Waals surface area contributed by atoms with E-state index in [1.807, 2.05) is 36.1 Å². The number of piperazine rings is 1. The first kappa shape index (κ1) is 18.2. The average molecular weight is 352 g/mol. The number of aromatic nitrogens is 2. The van der Waals surface area contributed by atoms with E-state index in [2.05, 4.69) is 20.8 Å². The van der Waals surface area contributed by atoms with Crippen molar-refractivity contribution in [3.63, 3.8) is 0 Å². The van der Waals surface area contributed by atoms with E-state index in [0.717, 1.165) is 30.5 Å². The van der Waals surface area contributed by atoms with Crippen molar-refractivity contribution in [2.75, 3.05) is 26.2 Å². The van der Waals surface area contributed by atoms with E-state index < -0.39 is 0 Å². The molecule has 0 bridgehead atoms. The summed E-state index contributed by atoms with van der Waals surface area (Å²) in [5, 5.41) is 13.7. The molecule has 1 saturated heterocycles. The van der Waals surface area contributed by atoms with Crippen molar-refractivity contribution in [2.45, 2.75) is 19.4 Å². The molecule has 1 fully saturated rings. The third-order valence-corrected chi connectivity index (χ3v) is 4.13. The predicted octanol–water partition coefficient (Wildman–Crippen LogP) is 0.925. The van der Waals surface area contributed by atoms with Crippen LogP contribution in [0.15, 0.2) is 24.3 Å². The molecule has 0 aliphatic carbocycles. The zero-order valence-electron chi connectivity index (χ0n) is 13.5. The van der Waals surface area contributed by atoms with Crippen LogP contribution in [0.2, 0.25) is 0 Å². The van der Waals surface area contributed by atoms with Gasteiger partial charge in [0.05, 0.1) is 5.52 Å². The van der Waals surface area contributed by atoms with Gasteiger partial charge in [-0.25, -0.2) is 0 Å². The summed E-state index contributed by atoms with van der Waals surface area (Å²) in [5.74, 6) is -0.185. The second-order valence-electron chi connectivity index (χ2n) is 5.76. The van der Waals surface area contributed by atoms with Gasteiger partial charge in [-0.15, -0.1) is 12.4 Å². The number of aromatic amines is 1. The van der Waals surface area contributed by atoms with Gasteiger partial charge in [0.15, 0.2) is 5.69 Å². The van der Waals surface area contributed by atoms with Gasteiger partial charge < -0.3 is 15.5 Å². The summed E-state index contributed by atoms with van der Waals surface area (Å²) in [4.78, 5) is 26.3.